The van der Waals surface area contributed by atoms with E-state index in [2.05, 4.69) is 0 Å². The number of ketones is 1. The van der Waals surface area contributed by atoms with Crippen LogP contribution in [0.1, 0.15) is 59.3 Å². The normalized spacial score (nSPS) is 31.8. The third-order valence-corrected chi connectivity index (χ3v) is 10.7. The predicted molar refractivity (Wildman–Crippen MR) is 123 cm³/mol. The molecule has 32 heavy (non-hydrogen) atoms. The minimum absolute atomic E-state index is 0.0285. The van der Waals surface area contributed by atoms with E-state index < -0.39 is 21.0 Å². The highest BCUT2D eigenvalue weighted by molar-refractivity contribution is 7.89. The Balaban J connectivity index is 1.56. The number of amides is 1. The molecule has 0 aliphatic heterocycles. The first-order valence-corrected chi connectivity index (χ1v) is 13.1. The van der Waals surface area contributed by atoms with Crippen LogP contribution in [-0.4, -0.2) is 36.5 Å². The van der Waals surface area contributed by atoms with Gasteiger partial charge in [0.05, 0.1) is 11.2 Å². The average molecular weight is 462 g/mol. The largest absolute Gasteiger partial charge is 0.398 e. The summed E-state index contributed by atoms with van der Waals surface area (Å²) in [4.78, 5) is 25.8. The number of likely N-dealkylation sites (N-methyl/N-ethyl adjacent to an activating group) is 1. The summed E-state index contributed by atoms with van der Waals surface area (Å²) in [6.07, 6.45) is 4.84. The van der Waals surface area contributed by atoms with Crippen molar-refractivity contribution in [3.63, 3.8) is 0 Å². The summed E-state index contributed by atoms with van der Waals surface area (Å²) in [6.45, 7) is 5.29. The molecule has 2 unspecified atom stereocenters. The van der Waals surface area contributed by atoms with Gasteiger partial charge < -0.3 is 11.5 Å². The van der Waals surface area contributed by atoms with Crippen molar-refractivity contribution >= 4 is 27.4 Å². The topological polar surface area (TPSA) is 124 Å². The lowest BCUT2D eigenvalue weighted by atomic mass is 9.45. The van der Waals surface area contributed by atoms with Crippen LogP contribution in [0.2, 0.25) is 0 Å². The van der Waals surface area contributed by atoms with Crippen LogP contribution in [0.5, 0.6) is 0 Å². The molecule has 8 heteroatoms. The lowest BCUT2D eigenvalue weighted by Gasteiger charge is -2.59. The average Bonchev–Trinajstić information content (AvgIpc) is 2.70. The number of hydrogen-bond acceptors (Lipinski definition) is 5. The van der Waals surface area contributed by atoms with Gasteiger partial charge in [0.15, 0.2) is 5.78 Å². The molecule has 4 saturated carbocycles. The van der Waals surface area contributed by atoms with Crippen molar-refractivity contribution in [2.75, 3.05) is 12.3 Å². The molecule has 176 valence electrons. The van der Waals surface area contributed by atoms with Crippen LogP contribution in [0, 0.1) is 29.1 Å². The number of hydrogen-bond donors (Lipinski definition) is 2. The molecule has 0 radical (unpaired) electrons. The van der Waals surface area contributed by atoms with E-state index in [0.29, 0.717) is 24.2 Å². The molecule has 2 atom stereocenters. The molecular formula is C24H35N3O4S. The predicted octanol–water partition coefficient (Wildman–Crippen LogP) is 2.95. The zero-order valence-electron chi connectivity index (χ0n) is 19.2. The van der Waals surface area contributed by atoms with Gasteiger partial charge >= 0.3 is 0 Å². The molecule has 7 nitrogen and oxygen atoms in total. The summed E-state index contributed by atoms with van der Waals surface area (Å²) in [5, 5.41) is 0. The third-order valence-electron chi connectivity index (χ3n) is 8.49. The Morgan fingerprint density at radius 3 is 2.25 bits per heavy atom. The molecule has 4 bridgehead atoms. The molecule has 4 fully saturated rings. The summed E-state index contributed by atoms with van der Waals surface area (Å²) in [5.41, 5.74) is 10.3. The van der Waals surface area contributed by atoms with Crippen molar-refractivity contribution in [1.82, 2.24) is 4.31 Å². The summed E-state index contributed by atoms with van der Waals surface area (Å²) in [5.74, 6) is 1.06. The quantitative estimate of drug-likeness (QED) is 0.576. The van der Waals surface area contributed by atoms with Gasteiger partial charge in [-0.25, -0.2) is 8.42 Å². The second-order valence-corrected chi connectivity index (χ2v) is 12.5. The van der Waals surface area contributed by atoms with Crippen molar-refractivity contribution in [3.05, 3.63) is 24.3 Å². The van der Waals surface area contributed by atoms with Crippen LogP contribution in [0.25, 0.3) is 0 Å². The SMILES string of the molecule is CCN(C(C)(C)C(=O)CC1C2CC3CC1CC(C(N)=O)(C3)C2)S(=O)(=O)c1ccccc1N. The fourth-order valence-electron chi connectivity index (χ4n) is 7.07. The number of nitrogen functional groups attached to an aromatic ring is 1. The van der Waals surface area contributed by atoms with E-state index in [9.17, 15) is 18.0 Å². The van der Waals surface area contributed by atoms with Crippen molar-refractivity contribution in [3.8, 4) is 0 Å². The molecule has 0 aromatic heterocycles. The van der Waals surface area contributed by atoms with Gasteiger partial charge in [0.2, 0.25) is 15.9 Å². The maximum Gasteiger partial charge on any atom is 0.246 e. The van der Waals surface area contributed by atoms with Crippen LogP contribution in [0.3, 0.4) is 0 Å². The van der Waals surface area contributed by atoms with E-state index in [1.807, 2.05) is 0 Å². The first-order chi connectivity index (χ1) is 14.9. The second-order valence-electron chi connectivity index (χ2n) is 10.7. The molecule has 0 heterocycles. The smallest absolute Gasteiger partial charge is 0.246 e. The van der Waals surface area contributed by atoms with E-state index >= 15 is 0 Å². The number of Topliss-reactive ketones (excluding diaryl/α,β-unsaturated/α-hetero) is 1. The van der Waals surface area contributed by atoms with E-state index in [0.717, 1.165) is 32.1 Å². The second kappa shape index (κ2) is 7.83. The fourth-order valence-corrected chi connectivity index (χ4v) is 8.96. The lowest BCUT2D eigenvalue weighted by molar-refractivity contribution is -0.152. The van der Waals surface area contributed by atoms with Crippen LogP contribution in [0.4, 0.5) is 5.69 Å². The molecule has 0 saturated heterocycles. The van der Waals surface area contributed by atoms with E-state index in [1.54, 1.807) is 39.0 Å². The van der Waals surface area contributed by atoms with Gasteiger partial charge in [-0.1, -0.05) is 19.1 Å². The minimum atomic E-state index is -3.94. The zero-order chi connectivity index (χ0) is 23.5. The Hall–Kier alpha value is -1.93. The standard InChI is InChI=1S/C24H35N3O4S/c1-4-27(32(30,31)20-8-6-5-7-19(20)25)23(2,3)21(28)11-18-16-9-15-10-17(18)14-24(12-15,13-16)22(26)29/h5-8,15-18H,4,9-14,25H2,1-3H3,(H2,26,29). The number of nitrogens with zero attached hydrogens (tertiary/aromatic N) is 1. The van der Waals surface area contributed by atoms with Gasteiger partial charge in [0, 0.05) is 18.4 Å². The molecule has 5 rings (SSSR count). The fraction of sp³-hybridized carbons (Fsp3) is 0.667. The monoisotopic (exact) mass is 461 g/mol. The van der Waals surface area contributed by atoms with Gasteiger partial charge in [-0.05, 0) is 81.8 Å². The van der Waals surface area contributed by atoms with Crippen molar-refractivity contribution in [2.24, 2.45) is 34.8 Å². The number of benzene rings is 1. The molecular weight excluding hydrogens is 426 g/mol. The van der Waals surface area contributed by atoms with Crippen LogP contribution < -0.4 is 11.5 Å². The van der Waals surface area contributed by atoms with E-state index in [1.165, 1.54) is 10.4 Å². The number of rotatable bonds is 8. The summed E-state index contributed by atoms with van der Waals surface area (Å²) in [6, 6.07) is 6.36. The number of para-hydroxylation sites is 1. The summed E-state index contributed by atoms with van der Waals surface area (Å²) < 4.78 is 28.1. The third kappa shape index (κ3) is 3.55. The number of nitrogens with two attached hydrogens (primary N) is 2. The molecule has 1 aromatic carbocycles. The van der Waals surface area contributed by atoms with Crippen molar-refractivity contribution in [2.45, 2.75) is 69.7 Å². The number of carbonyl (C=O) groups is 2. The highest BCUT2D eigenvalue weighted by atomic mass is 32.2. The molecule has 0 spiro atoms. The number of primary amides is 1. The van der Waals surface area contributed by atoms with Gasteiger partial charge in [-0.3, -0.25) is 9.59 Å². The Morgan fingerprint density at radius 1 is 1.12 bits per heavy atom. The number of carbonyl (C=O) groups excluding carboxylic acids is 2. The first-order valence-electron chi connectivity index (χ1n) is 11.6. The van der Waals surface area contributed by atoms with Crippen LogP contribution in [-0.2, 0) is 19.6 Å². The maximum absolute atomic E-state index is 13.6. The highest BCUT2D eigenvalue weighted by Crippen LogP contribution is 2.63. The number of anilines is 1. The first kappa shape index (κ1) is 23.2. The van der Waals surface area contributed by atoms with Gasteiger partial charge in [0.25, 0.3) is 0 Å². The summed E-state index contributed by atoms with van der Waals surface area (Å²) in [7, 11) is -3.94. The van der Waals surface area contributed by atoms with Gasteiger partial charge in [-0.2, -0.15) is 4.31 Å². The maximum atomic E-state index is 13.6. The molecule has 4 N–H and O–H groups in total. The zero-order valence-corrected chi connectivity index (χ0v) is 20.0. The molecule has 4 aliphatic carbocycles. The molecule has 4 aliphatic rings. The van der Waals surface area contributed by atoms with Crippen LogP contribution >= 0.6 is 0 Å². The molecule has 1 amide bonds. The van der Waals surface area contributed by atoms with E-state index in [-0.39, 0.29) is 34.7 Å². The van der Waals surface area contributed by atoms with Crippen molar-refractivity contribution < 1.29 is 18.0 Å². The van der Waals surface area contributed by atoms with Gasteiger partial charge in [-0.15, -0.1) is 0 Å². The van der Waals surface area contributed by atoms with Crippen molar-refractivity contribution in [1.29, 1.82) is 0 Å². The minimum Gasteiger partial charge on any atom is -0.398 e. The Morgan fingerprint density at radius 2 is 1.72 bits per heavy atom. The van der Waals surface area contributed by atoms with Gasteiger partial charge in [0.1, 0.15) is 4.90 Å². The lowest BCUT2D eigenvalue weighted by Crippen LogP contribution is -2.58. The van der Waals surface area contributed by atoms with E-state index in [4.69, 9.17) is 11.5 Å². The number of sulfonamides is 1. The Kier molecular flexibility index (Phi) is 5.69. The summed E-state index contributed by atoms with van der Waals surface area (Å²) >= 11 is 0. The highest BCUT2D eigenvalue weighted by Gasteiger charge is 2.58. The molecule has 1 aromatic rings. The Bertz CT molecular complexity index is 1020. The van der Waals surface area contributed by atoms with Crippen LogP contribution in [0.15, 0.2) is 29.2 Å². The Labute approximate surface area is 191 Å².